The number of nitrogens with two attached hydrogens (primary N) is 1. The Balaban J connectivity index is 2.04. The first-order chi connectivity index (χ1) is 14.6. The van der Waals surface area contributed by atoms with Gasteiger partial charge in [0.25, 0.3) is 11.6 Å². The fraction of sp³-hybridized carbons (Fsp3) is 0.250. The number of primary amides is 1. The highest BCUT2D eigenvalue weighted by Crippen LogP contribution is 2.25. The van der Waals surface area contributed by atoms with Crippen molar-refractivity contribution < 1.29 is 19.3 Å². The molecule has 164 valence electrons. The van der Waals surface area contributed by atoms with Crippen molar-refractivity contribution in [1.82, 2.24) is 10.6 Å². The van der Waals surface area contributed by atoms with E-state index in [2.05, 4.69) is 16.0 Å². The van der Waals surface area contributed by atoms with Crippen molar-refractivity contribution in [2.45, 2.75) is 26.4 Å². The van der Waals surface area contributed by atoms with Crippen molar-refractivity contribution in [2.24, 2.45) is 11.7 Å². The summed E-state index contributed by atoms with van der Waals surface area (Å²) in [5.41, 5.74) is 5.97. The van der Waals surface area contributed by atoms with E-state index in [1.165, 1.54) is 12.1 Å². The van der Waals surface area contributed by atoms with Gasteiger partial charge < -0.3 is 21.7 Å². The van der Waals surface area contributed by atoms with Gasteiger partial charge in [-0.3, -0.25) is 19.7 Å². The van der Waals surface area contributed by atoms with Crippen molar-refractivity contribution in [3.05, 3.63) is 68.7 Å². The Morgan fingerprint density at radius 1 is 1.13 bits per heavy atom. The van der Waals surface area contributed by atoms with Gasteiger partial charge in [0, 0.05) is 23.9 Å². The maximum atomic E-state index is 12.6. The van der Waals surface area contributed by atoms with Crippen LogP contribution in [-0.2, 0) is 11.3 Å². The smallest absolute Gasteiger partial charge is 0.316 e. The molecule has 0 aliphatic rings. The molecule has 2 rings (SSSR count). The number of nitrogens with one attached hydrogen (secondary N) is 3. The van der Waals surface area contributed by atoms with Crippen LogP contribution in [0.1, 0.15) is 29.8 Å². The average molecular weight is 448 g/mol. The van der Waals surface area contributed by atoms with E-state index in [9.17, 15) is 24.5 Å². The molecular formula is C20H22ClN5O5. The SMILES string of the molecule is CC(C)C(NC(=O)c1ccc(Cl)c([N+](=O)[O-])c1)C(=O)NCc1ccc(NC(N)=O)cc1. The molecule has 0 bridgehead atoms. The summed E-state index contributed by atoms with van der Waals surface area (Å²) in [7, 11) is 0. The first-order valence-electron chi connectivity index (χ1n) is 9.26. The molecule has 5 N–H and O–H groups in total. The van der Waals surface area contributed by atoms with E-state index in [0.717, 1.165) is 11.6 Å². The molecule has 0 aliphatic heterocycles. The summed E-state index contributed by atoms with van der Waals surface area (Å²) < 4.78 is 0. The molecule has 0 saturated carbocycles. The Bertz CT molecular complexity index is 994. The number of halogens is 1. The third-order valence-electron chi connectivity index (χ3n) is 4.33. The molecule has 0 spiro atoms. The monoisotopic (exact) mass is 447 g/mol. The van der Waals surface area contributed by atoms with Crippen molar-refractivity contribution in [3.63, 3.8) is 0 Å². The number of anilines is 1. The number of carbonyl (C=O) groups is 3. The number of nitro benzene ring substituents is 1. The van der Waals surface area contributed by atoms with Gasteiger partial charge >= 0.3 is 6.03 Å². The summed E-state index contributed by atoms with van der Waals surface area (Å²) in [6.45, 7) is 3.72. The number of nitrogens with zero attached hydrogens (tertiary/aromatic N) is 1. The van der Waals surface area contributed by atoms with Crippen molar-refractivity contribution in [3.8, 4) is 0 Å². The largest absolute Gasteiger partial charge is 0.351 e. The second-order valence-electron chi connectivity index (χ2n) is 7.02. The summed E-state index contributed by atoms with van der Waals surface area (Å²) in [4.78, 5) is 46.4. The molecule has 31 heavy (non-hydrogen) atoms. The zero-order valence-corrected chi connectivity index (χ0v) is 17.6. The van der Waals surface area contributed by atoms with Crippen LogP contribution < -0.4 is 21.7 Å². The summed E-state index contributed by atoms with van der Waals surface area (Å²) in [6, 6.07) is 8.83. The standard InChI is InChI=1S/C20H22ClN5O5/c1-11(2)17(25-18(27)13-5-8-15(21)16(9-13)26(30)31)19(28)23-10-12-3-6-14(7-4-12)24-20(22)29/h3-9,11,17H,10H2,1-2H3,(H,23,28)(H,25,27)(H3,22,24,29). The third kappa shape index (κ3) is 6.68. The predicted octanol–water partition coefficient (Wildman–Crippen LogP) is 2.81. The van der Waals surface area contributed by atoms with Gasteiger partial charge in [-0.05, 0) is 35.7 Å². The number of amides is 4. The van der Waals surface area contributed by atoms with E-state index in [-0.39, 0.29) is 23.0 Å². The fourth-order valence-corrected chi connectivity index (χ4v) is 2.89. The third-order valence-corrected chi connectivity index (χ3v) is 4.65. The molecule has 2 aromatic carbocycles. The van der Waals surface area contributed by atoms with Crippen molar-refractivity contribution in [2.75, 3.05) is 5.32 Å². The number of benzene rings is 2. The molecule has 0 aliphatic carbocycles. The lowest BCUT2D eigenvalue weighted by Crippen LogP contribution is -2.49. The van der Waals surface area contributed by atoms with Crippen molar-refractivity contribution >= 4 is 40.8 Å². The van der Waals surface area contributed by atoms with Crippen LogP contribution in [0, 0.1) is 16.0 Å². The number of nitro groups is 1. The lowest BCUT2D eigenvalue weighted by molar-refractivity contribution is -0.384. The number of rotatable bonds is 8. The molecule has 0 fully saturated rings. The minimum absolute atomic E-state index is 0.0205. The van der Waals surface area contributed by atoms with E-state index in [0.29, 0.717) is 5.69 Å². The van der Waals surface area contributed by atoms with E-state index in [1.807, 2.05) is 0 Å². The summed E-state index contributed by atoms with van der Waals surface area (Å²) >= 11 is 5.77. The van der Waals surface area contributed by atoms with E-state index in [4.69, 9.17) is 17.3 Å². The number of hydrogen-bond acceptors (Lipinski definition) is 5. The first kappa shape index (κ1) is 23.6. The number of carbonyl (C=O) groups excluding carboxylic acids is 3. The van der Waals surface area contributed by atoms with Crippen LogP contribution in [0.15, 0.2) is 42.5 Å². The second-order valence-corrected chi connectivity index (χ2v) is 7.43. The number of hydrogen-bond donors (Lipinski definition) is 4. The van der Waals surface area contributed by atoms with Crippen LogP contribution in [0.3, 0.4) is 0 Å². The van der Waals surface area contributed by atoms with E-state index < -0.39 is 34.5 Å². The summed E-state index contributed by atoms with van der Waals surface area (Å²) in [6.07, 6.45) is 0. The van der Waals surface area contributed by atoms with E-state index >= 15 is 0 Å². The van der Waals surface area contributed by atoms with Gasteiger partial charge in [-0.1, -0.05) is 37.6 Å². The lowest BCUT2D eigenvalue weighted by atomic mass is 10.0. The highest BCUT2D eigenvalue weighted by atomic mass is 35.5. The molecule has 1 atom stereocenters. The molecule has 4 amide bonds. The average Bonchev–Trinajstić information content (AvgIpc) is 2.70. The van der Waals surface area contributed by atoms with Crippen LogP contribution >= 0.6 is 11.6 Å². The van der Waals surface area contributed by atoms with Gasteiger partial charge in [0.2, 0.25) is 5.91 Å². The van der Waals surface area contributed by atoms with Crippen LogP contribution in [-0.4, -0.2) is 28.8 Å². The Morgan fingerprint density at radius 2 is 1.77 bits per heavy atom. The zero-order valence-electron chi connectivity index (χ0n) is 16.8. The van der Waals surface area contributed by atoms with Crippen molar-refractivity contribution in [1.29, 1.82) is 0 Å². The minimum atomic E-state index is -0.863. The molecular weight excluding hydrogens is 426 g/mol. The van der Waals surface area contributed by atoms with Gasteiger partial charge in [-0.25, -0.2) is 4.79 Å². The molecule has 0 heterocycles. The zero-order chi connectivity index (χ0) is 23.1. The van der Waals surface area contributed by atoms with Gasteiger partial charge in [0.15, 0.2) is 0 Å². The van der Waals surface area contributed by atoms with Crippen LogP contribution in [0.2, 0.25) is 5.02 Å². The predicted molar refractivity (Wildman–Crippen MR) is 116 cm³/mol. The molecule has 0 aromatic heterocycles. The second kappa shape index (κ2) is 10.4. The Hall–Kier alpha value is -3.66. The van der Waals surface area contributed by atoms with Gasteiger partial charge in [-0.2, -0.15) is 0 Å². The Morgan fingerprint density at radius 3 is 2.32 bits per heavy atom. The molecule has 2 aromatic rings. The molecule has 11 heteroatoms. The van der Waals surface area contributed by atoms with Gasteiger partial charge in [0.1, 0.15) is 11.1 Å². The maximum absolute atomic E-state index is 12.6. The lowest BCUT2D eigenvalue weighted by Gasteiger charge is -2.22. The molecule has 10 nitrogen and oxygen atoms in total. The number of urea groups is 1. The summed E-state index contributed by atoms with van der Waals surface area (Å²) in [5.74, 6) is -1.28. The Kier molecular flexibility index (Phi) is 7.92. The van der Waals surface area contributed by atoms with Crippen LogP contribution in [0.4, 0.5) is 16.2 Å². The molecule has 0 radical (unpaired) electrons. The quantitative estimate of drug-likeness (QED) is 0.361. The minimum Gasteiger partial charge on any atom is -0.351 e. The van der Waals surface area contributed by atoms with Gasteiger partial charge in [-0.15, -0.1) is 0 Å². The Labute approximate surface area is 183 Å². The highest BCUT2D eigenvalue weighted by Gasteiger charge is 2.25. The maximum Gasteiger partial charge on any atom is 0.316 e. The normalized spacial score (nSPS) is 11.5. The van der Waals surface area contributed by atoms with E-state index in [1.54, 1.807) is 38.1 Å². The van der Waals surface area contributed by atoms with Crippen LogP contribution in [0.25, 0.3) is 0 Å². The summed E-state index contributed by atoms with van der Waals surface area (Å²) in [5, 5.41) is 18.7. The fourth-order valence-electron chi connectivity index (χ4n) is 2.70. The molecule has 1 unspecified atom stereocenters. The molecule has 0 saturated heterocycles. The first-order valence-corrected chi connectivity index (χ1v) is 9.64. The van der Waals surface area contributed by atoms with Crippen LogP contribution in [0.5, 0.6) is 0 Å². The topological polar surface area (TPSA) is 156 Å². The van der Waals surface area contributed by atoms with Gasteiger partial charge in [0.05, 0.1) is 4.92 Å². The highest BCUT2D eigenvalue weighted by molar-refractivity contribution is 6.32.